The molecule has 1 aromatic heterocycles. The molecule has 1 aliphatic heterocycles. The third kappa shape index (κ3) is 2.82. The minimum atomic E-state index is 0.0598. The molecule has 18 heavy (non-hydrogen) atoms. The summed E-state index contributed by atoms with van der Waals surface area (Å²) in [4.78, 5) is 6.85. The number of likely N-dealkylation sites (N-methyl/N-ethyl adjacent to an activating group) is 1. The van der Waals surface area contributed by atoms with Gasteiger partial charge in [0.1, 0.15) is 5.82 Å². The summed E-state index contributed by atoms with van der Waals surface area (Å²) in [5.41, 5.74) is 1.96. The number of hydrogen-bond donors (Lipinski definition) is 1. The summed E-state index contributed by atoms with van der Waals surface area (Å²) in [7, 11) is 2.05. The van der Waals surface area contributed by atoms with Gasteiger partial charge in [0.15, 0.2) is 0 Å². The molecule has 1 N–H and O–H groups in total. The highest BCUT2D eigenvalue weighted by Gasteiger charge is 2.22. The van der Waals surface area contributed by atoms with Crippen LogP contribution in [0.4, 0.5) is 5.82 Å². The molecular formula is C14H22N2O2. The molecule has 0 amide bonds. The molecule has 0 spiro atoms. The maximum Gasteiger partial charge on any atom is 0.129 e. The van der Waals surface area contributed by atoms with Crippen molar-refractivity contribution in [3.8, 4) is 0 Å². The average Bonchev–Trinajstić information content (AvgIpc) is 2.91. The number of rotatable bonds is 4. The fourth-order valence-corrected chi connectivity index (χ4v) is 2.18. The highest BCUT2D eigenvalue weighted by Crippen LogP contribution is 2.23. The van der Waals surface area contributed by atoms with Crippen LogP contribution in [0.5, 0.6) is 0 Å². The van der Waals surface area contributed by atoms with Gasteiger partial charge in [-0.25, -0.2) is 4.98 Å². The van der Waals surface area contributed by atoms with E-state index in [-0.39, 0.29) is 6.61 Å². The van der Waals surface area contributed by atoms with Crippen LogP contribution in [0.1, 0.15) is 37.4 Å². The number of aromatic nitrogens is 1. The van der Waals surface area contributed by atoms with Gasteiger partial charge in [0.05, 0.1) is 19.3 Å². The second kappa shape index (κ2) is 5.67. The van der Waals surface area contributed by atoms with Gasteiger partial charge in [-0.15, -0.1) is 0 Å². The van der Waals surface area contributed by atoms with E-state index in [1.165, 1.54) is 0 Å². The van der Waals surface area contributed by atoms with E-state index in [1.54, 1.807) is 0 Å². The summed E-state index contributed by atoms with van der Waals surface area (Å²) in [5.74, 6) is 1.30. The van der Waals surface area contributed by atoms with Crippen molar-refractivity contribution in [2.24, 2.45) is 0 Å². The SMILES string of the molecule is CC(C)c1cc(CO)cc(N(C)C2CCOC2)n1. The van der Waals surface area contributed by atoms with Gasteiger partial charge in [0.25, 0.3) is 0 Å². The molecule has 1 unspecified atom stereocenters. The number of aliphatic hydroxyl groups is 1. The number of pyridine rings is 1. The number of aliphatic hydroxyl groups excluding tert-OH is 1. The number of ether oxygens (including phenoxy) is 1. The fourth-order valence-electron chi connectivity index (χ4n) is 2.18. The predicted molar refractivity (Wildman–Crippen MR) is 71.9 cm³/mol. The summed E-state index contributed by atoms with van der Waals surface area (Å²) >= 11 is 0. The lowest BCUT2D eigenvalue weighted by Crippen LogP contribution is -2.32. The molecule has 2 heterocycles. The van der Waals surface area contributed by atoms with Crippen molar-refractivity contribution in [2.75, 3.05) is 25.2 Å². The van der Waals surface area contributed by atoms with Gasteiger partial charge in [-0.1, -0.05) is 13.8 Å². The van der Waals surface area contributed by atoms with Crippen LogP contribution in [0.25, 0.3) is 0 Å². The molecular weight excluding hydrogens is 228 g/mol. The van der Waals surface area contributed by atoms with Crippen molar-refractivity contribution < 1.29 is 9.84 Å². The third-order valence-corrected chi connectivity index (χ3v) is 3.48. The first-order chi connectivity index (χ1) is 8.61. The molecule has 0 aromatic carbocycles. The monoisotopic (exact) mass is 250 g/mol. The van der Waals surface area contributed by atoms with Crippen LogP contribution >= 0.6 is 0 Å². The quantitative estimate of drug-likeness (QED) is 0.887. The van der Waals surface area contributed by atoms with E-state index >= 15 is 0 Å². The second-order valence-electron chi connectivity index (χ2n) is 5.20. The normalized spacial score (nSPS) is 19.5. The zero-order valence-corrected chi connectivity index (χ0v) is 11.4. The Bertz CT molecular complexity index is 401. The van der Waals surface area contributed by atoms with E-state index in [9.17, 15) is 5.11 Å². The van der Waals surface area contributed by atoms with Crippen LogP contribution in [-0.4, -0.2) is 36.4 Å². The number of nitrogens with zero attached hydrogens (tertiary/aromatic N) is 2. The minimum Gasteiger partial charge on any atom is -0.392 e. The van der Waals surface area contributed by atoms with Gasteiger partial charge in [-0.2, -0.15) is 0 Å². The van der Waals surface area contributed by atoms with E-state index in [0.29, 0.717) is 12.0 Å². The Morgan fingerprint density at radius 1 is 1.50 bits per heavy atom. The first-order valence-corrected chi connectivity index (χ1v) is 6.54. The minimum absolute atomic E-state index is 0.0598. The van der Waals surface area contributed by atoms with Gasteiger partial charge >= 0.3 is 0 Å². The second-order valence-corrected chi connectivity index (χ2v) is 5.20. The first kappa shape index (κ1) is 13.3. The molecule has 4 nitrogen and oxygen atoms in total. The molecule has 1 saturated heterocycles. The van der Waals surface area contributed by atoms with Crippen LogP contribution in [0.2, 0.25) is 0 Å². The van der Waals surface area contributed by atoms with E-state index in [0.717, 1.165) is 36.7 Å². The van der Waals surface area contributed by atoms with Crippen LogP contribution in [-0.2, 0) is 11.3 Å². The molecule has 1 atom stereocenters. The molecule has 1 aliphatic rings. The molecule has 4 heteroatoms. The van der Waals surface area contributed by atoms with Crippen LogP contribution in [0.3, 0.4) is 0 Å². The molecule has 0 aliphatic carbocycles. The van der Waals surface area contributed by atoms with Crippen molar-refractivity contribution in [3.05, 3.63) is 23.4 Å². The summed E-state index contributed by atoms with van der Waals surface area (Å²) < 4.78 is 5.42. The lowest BCUT2D eigenvalue weighted by Gasteiger charge is -2.25. The van der Waals surface area contributed by atoms with Gasteiger partial charge in [0, 0.05) is 19.3 Å². The zero-order chi connectivity index (χ0) is 13.1. The molecule has 0 bridgehead atoms. The van der Waals surface area contributed by atoms with E-state index in [1.807, 2.05) is 19.2 Å². The topological polar surface area (TPSA) is 45.6 Å². The van der Waals surface area contributed by atoms with Crippen molar-refractivity contribution in [2.45, 2.75) is 38.8 Å². The summed E-state index contributed by atoms with van der Waals surface area (Å²) in [5, 5.41) is 9.34. The smallest absolute Gasteiger partial charge is 0.129 e. The number of hydrogen-bond acceptors (Lipinski definition) is 4. The maximum absolute atomic E-state index is 9.34. The maximum atomic E-state index is 9.34. The predicted octanol–water partition coefficient (Wildman–Crippen LogP) is 1.92. The Labute approximate surface area is 109 Å². The van der Waals surface area contributed by atoms with Crippen LogP contribution in [0, 0.1) is 0 Å². The van der Waals surface area contributed by atoms with Crippen molar-refractivity contribution >= 4 is 5.82 Å². The number of anilines is 1. The van der Waals surface area contributed by atoms with E-state index in [2.05, 4.69) is 23.7 Å². The lowest BCUT2D eigenvalue weighted by molar-refractivity contribution is 0.193. The summed E-state index contributed by atoms with van der Waals surface area (Å²) in [6.07, 6.45) is 1.04. The van der Waals surface area contributed by atoms with E-state index < -0.39 is 0 Å². The summed E-state index contributed by atoms with van der Waals surface area (Å²) in [6, 6.07) is 4.34. The first-order valence-electron chi connectivity index (χ1n) is 6.54. The summed E-state index contributed by atoms with van der Waals surface area (Å²) in [6.45, 7) is 5.88. The van der Waals surface area contributed by atoms with Crippen molar-refractivity contribution in [1.29, 1.82) is 0 Å². The van der Waals surface area contributed by atoms with Gasteiger partial charge < -0.3 is 14.7 Å². The molecule has 2 rings (SSSR count). The average molecular weight is 250 g/mol. The zero-order valence-electron chi connectivity index (χ0n) is 11.4. The largest absolute Gasteiger partial charge is 0.392 e. The van der Waals surface area contributed by atoms with Crippen LogP contribution in [0.15, 0.2) is 12.1 Å². The Balaban J connectivity index is 2.27. The Morgan fingerprint density at radius 2 is 2.28 bits per heavy atom. The molecule has 1 fully saturated rings. The van der Waals surface area contributed by atoms with E-state index in [4.69, 9.17) is 4.74 Å². The van der Waals surface area contributed by atoms with Gasteiger partial charge in [-0.05, 0) is 30.0 Å². The fraction of sp³-hybridized carbons (Fsp3) is 0.643. The highest BCUT2D eigenvalue weighted by molar-refractivity contribution is 5.43. The van der Waals surface area contributed by atoms with Gasteiger partial charge in [-0.3, -0.25) is 0 Å². The Hall–Kier alpha value is -1.13. The van der Waals surface area contributed by atoms with Crippen molar-refractivity contribution in [1.82, 2.24) is 4.98 Å². The van der Waals surface area contributed by atoms with Gasteiger partial charge in [0.2, 0.25) is 0 Å². The highest BCUT2D eigenvalue weighted by atomic mass is 16.5. The Morgan fingerprint density at radius 3 is 2.83 bits per heavy atom. The third-order valence-electron chi connectivity index (χ3n) is 3.48. The molecule has 0 radical (unpaired) electrons. The Kier molecular flexibility index (Phi) is 4.19. The standard InChI is InChI=1S/C14H22N2O2/c1-10(2)13-6-11(8-17)7-14(15-13)16(3)12-4-5-18-9-12/h6-7,10,12,17H,4-5,8-9H2,1-3H3. The molecule has 1 aromatic rings. The van der Waals surface area contributed by atoms with Crippen molar-refractivity contribution in [3.63, 3.8) is 0 Å². The molecule has 0 saturated carbocycles. The van der Waals surface area contributed by atoms with Crippen LogP contribution < -0.4 is 4.90 Å². The lowest BCUT2D eigenvalue weighted by atomic mass is 10.1. The molecule has 100 valence electrons.